The zero-order chi connectivity index (χ0) is 16.7. The van der Waals surface area contributed by atoms with Crippen LogP contribution in [0.15, 0.2) is 24.3 Å². The number of nitrogens with zero attached hydrogens (tertiary/aromatic N) is 1. The third-order valence-corrected chi connectivity index (χ3v) is 3.96. The van der Waals surface area contributed by atoms with Gasteiger partial charge in [-0.2, -0.15) is 0 Å². The fraction of sp³-hybridized carbons (Fsp3) is 0.529. The summed E-state index contributed by atoms with van der Waals surface area (Å²) < 4.78 is 10.4. The van der Waals surface area contributed by atoms with Gasteiger partial charge in [0.1, 0.15) is 5.75 Å². The summed E-state index contributed by atoms with van der Waals surface area (Å²) in [5.74, 6) is 1.06. The van der Waals surface area contributed by atoms with Crippen molar-refractivity contribution in [1.82, 2.24) is 10.2 Å². The van der Waals surface area contributed by atoms with Crippen molar-refractivity contribution in [2.75, 3.05) is 40.5 Å². The van der Waals surface area contributed by atoms with Gasteiger partial charge >= 0.3 is 0 Å². The Kier molecular flexibility index (Phi) is 6.40. The average Bonchev–Trinajstić information content (AvgIpc) is 2.91. The summed E-state index contributed by atoms with van der Waals surface area (Å²) in [5, 5.41) is 2.51. The lowest BCUT2D eigenvalue weighted by atomic mass is 9.98. The topological polar surface area (TPSA) is 67.9 Å². The van der Waals surface area contributed by atoms with Crippen LogP contribution in [0.2, 0.25) is 0 Å². The molecule has 2 rings (SSSR count). The van der Waals surface area contributed by atoms with Crippen molar-refractivity contribution in [2.24, 2.45) is 5.92 Å². The van der Waals surface area contributed by atoms with Crippen molar-refractivity contribution in [3.05, 3.63) is 29.8 Å². The van der Waals surface area contributed by atoms with Crippen LogP contribution in [-0.4, -0.2) is 57.2 Å². The van der Waals surface area contributed by atoms with Gasteiger partial charge in [0.25, 0.3) is 5.91 Å². The van der Waals surface area contributed by atoms with Crippen LogP contribution in [0.4, 0.5) is 0 Å². The summed E-state index contributed by atoms with van der Waals surface area (Å²) in [5.41, 5.74) is 1.17. The molecule has 1 heterocycles. The molecular weight excluding hydrogens is 296 g/mol. The summed E-state index contributed by atoms with van der Waals surface area (Å²) in [6, 6.07) is 7.69. The molecule has 1 aromatic carbocycles. The number of rotatable bonds is 8. The van der Waals surface area contributed by atoms with E-state index in [-0.39, 0.29) is 18.4 Å². The Morgan fingerprint density at radius 1 is 1.35 bits per heavy atom. The molecule has 6 nitrogen and oxygen atoms in total. The van der Waals surface area contributed by atoms with Gasteiger partial charge in [-0.1, -0.05) is 12.1 Å². The van der Waals surface area contributed by atoms with Crippen LogP contribution < -0.4 is 10.1 Å². The van der Waals surface area contributed by atoms with Crippen LogP contribution in [0.3, 0.4) is 0 Å². The molecule has 1 aromatic rings. The van der Waals surface area contributed by atoms with Gasteiger partial charge in [0.05, 0.1) is 6.61 Å². The van der Waals surface area contributed by atoms with E-state index in [9.17, 15) is 9.59 Å². The Balaban J connectivity index is 1.82. The molecule has 0 aliphatic carbocycles. The van der Waals surface area contributed by atoms with E-state index in [1.54, 1.807) is 14.2 Å². The molecule has 126 valence electrons. The first-order valence-electron chi connectivity index (χ1n) is 7.81. The highest BCUT2D eigenvalue weighted by atomic mass is 16.5. The molecule has 1 unspecified atom stereocenters. The number of methoxy groups -OCH3 is 1. The standard InChI is InChI=1S/C17H24N2O4/c1-18-16(20)12-23-15-5-3-13(4-6-15)9-14-10-17(21)19(11-14)7-8-22-2/h3-6,14H,7-12H2,1-2H3,(H,18,20). The van der Waals surface area contributed by atoms with E-state index < -0.39 is 0 Å². The van der Waals surface area contributed by atoms with Crippen molar-refractivity contribution in [3.63, 3.8) is 0 Å². The number of likely N-dealkylation sites (N-methyl/N-ethyl adjacent to an activating group) is 1. The van der Waals surface area contributed by atoms with Crippen molar-refractivity contribution in [1.29, 1.82) is 0 Å². The summed E-state index contributed by atoms with van der Waals surface area (Å²) in [6.07, 6.45) is 1.46. The first-order chi connectivity index (χ1) is 11.1. The molecule has 1 N–H and O–H groups in total. The predicted molar refractivity (Wildman–Crippen MR) is 86.3 cm³/mol. The fourth-order valence-corrected chi connectivity index (χ4v) is 2.68. The van der Waals surface area contributed by atoms with Gasteiger partial charge in [-0.05, 0) is 30.0 Å². The van der Waals surface area contributed by atoms with Crippen LogP contribution in [-0.2, 0) is 20.7 Å². The van der Waals surface area contributed by atoms with Crippen molar-refractivity contribution >= 4 is 11.8 Å². The van der Waals surface area contributed by atoms with Crippen LogP contribution >= 0.6 is 0 Å². The number of hydrogen-bond acceptors (Lipinski definition) is 4. The Hall–Kier alpha value is -2.08. The minimum absolute atomic E-state index is 0.0153. The average molecular weight is 320 g/mol. The van der Waals surface area contributed by atoms with Gasteiger partial charge in [-0.3, -0.25) is 9.59 Å². The predicted octanol–water partition coefficient (Wildman–Crippen LogP) is 0.849. The van der Waals surface area contributed by atoms with Crippen molar-refractivity contribution in [2.45, 2.75) is 12.8 Å². The van der Waals surface area contributed by atoms with E-state index in [1.165, 1.54) is 5.56 Å². The van der Waals surface area contributed by atoms with Crippen molar-refractivity contribution < 1.29 is 19.1 Å². The zero-order valence-electron chi connectivity index (χ0n) is 13.7. The second-order valence-corrected chi connectivity index (χ2v) is 5.71. The fourth-order valence-electron chi connectivity index (χ4n) is 2.68. The van der Waals surface area contributed by atoms with Crippen LogP contribution in [0.25, 0.3) is 0 Å². The number of carbonyl (C=O) groups excluding carboxylic acids is 2. The number of nitrogens with one attached hydrogen (secondary N) is 1. The van der Waals surface area contributed by atoms with Gasteiger partial charge in [0.15, 0.2) is 6.61 Å². The number of carbonyl (C=O) groups is 2. The van der Waals surface area contributed by atoms with Gasteiger partial charge in [0.2, 0.25) is 5.91 Å². The highest BCUT2D eigenvalue weighted by Gasteiger charge is 2.29. The summed E-state index contributed by atoms with van der Waals surface area (Å²) in [4.78, 5) is 24.9. The largest absolute Gasteiger partial charge is 0.484 e. The maximum absolute atomic E-state index is 11.9. The first-order valence-corrected chi connectivity index (χ1v) is 7.81. The molecule has 1 fully saturated rings. The molecule has 6 heteroatoms. The highest BCUT2D eigenvalue weighted by molar-refractivity contribution is 5.78. The van der Waals surface area contributed by atoms with E-state index in [4.69, 9.17) is 9.47 Å². The molecule has 0 saturated carbocycles. The first kappa shape index (κ1) is 17.3. The van der Waals surface area contributed by atoms with Crippen LogP contribution in [0.5, 0.6) is 5.75 Å². The minimum atomic E-state index is -0.158. The molecule has 0 bridgehead atoms. The van der Waals surface area contributed by atoms with E-state index in [0.717, 1.165) is 13.0 Å². The van der Waals surface area contributed by atoms with E-state index >= 15 is 0 Å². The molecule has 2 amide bonds. The molecule has 1 saturated heterocycles. The maximum atomic E-state index is 11.9. The van der Waals surface area contributed by atoms with Crippen molar-refractivity contribution in [3.8, 4) is 5.75 Å². The summed E-state index contributed by atoms with van der Waals surface area (Å²) in [6.45, 7) is 2.05. The monoisotopic (exact) mass is 320 g/mol. The second-order valence-electron chi connectivity index (χ2n) is 5.71. The minimum Gasteiger partial charge on any atom is -0.484 e. The highest BCUT2D eigenvalue weighted by Crippen LogP contribution is 2.23. The Labute approximate surface area is 136 Å². The lowest BCUT2D eigenvalue weighted by Gasteiger charge is -2.16. The summed E-state index contributed by atoms with van der Waals surface area (Å²) >= 11 is 0. The SMILES string of the molecule is CNC(=O)COc1ccc(CC2CC(=O)N(CCOC)C2)cc1. The van der Waals surface area contributed by atoms with Gasteiger partial charge in [-0.25, -0.2) is 0 Å². The Morgan fingerprint density at radius 3 is 2.74 bits per heavy atom. The van der Waals surface area contributed by atoms with E-state index in [2.05, 4.69) is 5.32 Å². The molecule has 1 atom stereocenters. The summed E-state index contributed by atoms with van der Waals surface area (Å²) in [7, 11) is 3.22. The Bertz CT molecular complexity index is 530. The number of hydrogen-bond donors (Lipinski definition) is 1. The lowest BCUT2D eigenvalue weighted by Crippen LogP contribution is -2.28. The second kappa shape index (κ2) is 8.53. The van der Waals surface area contributed by atoms with Crippen LogP contribution in [0, 0.1) is 5.92 Å². The molecule has 0 spiro atoms. The molecular formula is C17H24N2O4. The van der Waals surface area contributed by atoms with E-state index in [0.29, 0.717) is 31.2 Å². The third kappa shape index (κ3) is 5.25. The maximum Gasteiger partial charge on any atom is 0.257 e. The molecule has 1 aliphatic heterocycles. The number of ether oxygens (including phenoxy) is 2. The van der Waals surface area contributed by atoms with Gasteiger partial charge < -0.3 is 19.7 Å². The van der Waals surface area contributed by atoms with Gasteiger partial charge in [-0.15, -0.1) is 0 Å². The quantitative estimate of drug-likeness (QED) is 0.771. The molecule has 1 aliphatic rings. The third-order valence-electron chi connectivity index (χ3n) is 3.96. The van der Waals surface area contributed by atoms with E-state index in [1.807, 2.05) is 29.2 Å². The normalized spacial score (nSPS) is 17.4. The molecule has 0 aromatic heterocycles. The number of benzene rings is 1. The van der Waals surface area contributed by atoms with Crippen LogP contribution in [0.1, 0.15) is 12.0 Å². The molecule has 0 radical (unpaired) electrons. The smallest absolute Gasteiger partial charge is 0.257 e. The molecule has 23 heavy (non-hydrogen) atoms. The number of likely N-dealkylation sites (tertiary alicyclic amines) is 1. The number of amides is 2. The Morgan fingerprint density at radius 2 is 2.09 bits per heavy atom. The zero-order valence-corrected chi connectivity index (χ0v) is 13.7. The van der Waals surface area contributed by atoms with Gasteiger partial charge in [0, 0.05) is 33.7 Å². The lowest BCUT2D eigenvalue weighted by molar-refractivity contribution is -0.128.